The standard InChI is InChI=1S/C15H19NO5/c1-2-11-3-5-12(6-4-11)21-10-14(17)16-7-8-20-9-13(16)15(18)19/h3-6,13H,2,7-10H2,1H3,(H,18,19). The number of hydrogen-bond donors (Lipinski definition) is 1. The van der Waals surface area contributed by atoms with Gasteiger partial charge in [-0.25, -0.2) is 4.79 Å². The molecule has 0 aromatic heterocycles. The first-order valence-corrected chi connectivity index (χ1v) is 6.93. The Morgan fingerprint density at radius 2 is 2.10 bits per heavy atom. The largest absolute Gasteiger partial charge is 0.484 e. The minimum Gasteiger partial charge on any atom is -0.484 e. The van der Waals surface area contributed by atoms with Crippen molar-refractivity contribution in [1.29, 1.82) is 0 Å². The molecule has 1 unspecified atom stereocenters. The summed E-state index contributed by atoms with van der Waals surface area (Å²) in [5, 5.41) is 9.09. The van der Waals surface area contributed by atoms with Crippen LogP contribution in [0.4, 0.5) is 0 Å². The fourth-order valence-electron chi connectivity index (χ4n) is 2.16. The molecule has 1 aliphatic rings. The van der Waals surface area contributed by atoms with Crippen LogP contribution in [0.1, 0.15) is 12.5 Å². The third-order valence-corrected chi connectivity index (χ3v) is 3.43. The molecular weight excluding hydrogens is 274 g/mol. The van der Waals surface area contributed by atoms with E-state index in [0.717, 1.165) is 6.42 Å². The minimum atomic E-state index is -1.06. The first-order chi connectivity index (χ1) is 10.1. The van der Waals surface area contributed by atoms with Crippen LogP contribution in [0.15, 0.2) is 24.3 Å². The average Bonchev–Trinajstić information content (AvgIpc) is 2.53. The van der Waals surface area contributed by atoms with Gasteiger partial charge < -0.3 is 19.5 Å². The van der Waals surface area contributed by atoms with E-state index in [-0.39, 0.29) is 25.7 Å². The summed E-state index contributed by atoms with van der Waals surface area (Å²) >= 11 is 0. The second-order valence-electron chi connectivity index (χ2n) is 4.80. The van der Waals surface area contributed by atoms with Crippen LogP contribution in [0.5, 0.6) is 5.75 Å². The number of ether oxygens (including phenoxy) is 2. The monoisotopic (exact) mass is 293 g/mol. The molecule has 0 spiro atoms. The summed E-state index contributed by atoms with van der Waals surface area (Å²) in [5.74, 6) is -0.804. The lowest BCUT2D eigenvalue weighted by molar-refractivity contribution is -0.159. The highest BCUT2D eigenvalue weighted by atomic mass is 16.5. The molecule has 21 heavy (non-hydrogen) atoms. The number of rotatable bonds is 5. The van der Waals surface area contributed by atoms with E-state index >= 15 is 0 Å². The quantitative estimate of drug-likeness (QED) is 0.874. The van der Waals surface area contributed by atoms with Gasteiger partial charge in [0.25, 0.3) is 5.91 Å². The van der Waals surface area contributed by atoms with Gasteiger partial charge in [-0.3, -0.25) is 4.79 Å². The Hall–Kier alpha value is -2.08. The predicted molar refractivity (Wildman–Crippen MR) is 75.3 cm³/mol. The highest BCUT2D eigenvalue weighted by molar-refractivity contribution is 5.84. The molecule has 1 fully saturated rings. The van der Waals surface area contributed by atoms with Crippen LogP contribution in [0.3, 0.4) is 0 Å². The third-order valence-electron chi connectivity index (χ3n) is 3.43. The number of aliphatic carboxylic acids is 1. The summed E-state index contributed by atoms with van der Waals surface area (Å²) in [6.07, 6.45) is 0.938. The molecule has 1 saturated heterocycles. The lowest BCUT2D eigenvalue weighted by atomic mass is 10.2. The molecule has 0 aliphatic carbocycles. The zero-order chi connectivity index (χ0) is 15.2. The van der Waals surface area contributed by atoms with E-state index in [0.29, 0.717) is 12.4 Å². The van der Waals surface area contributed by atoms with Gasteiger partial charge in [0.05, 0.1) is 13.2 Å². The molecule has 1 atom stereocenters. The number of carboxylic acid groups (broad SMARTS) is 1. The van der Waals surface area contributed by atoms with Gasteiger partial charge in [-0.1, -0.05) is 19.1 Å². The van der Waals surface area contributed by atoms with Gasteiger partial charge >= 0.3 is 5.97 Å². The van der Waals surface area contributed by atoms with Crippen molar-refractivity contribution in [3.8, 4) is 5.75 Å². The molecule has 1 heterocycles. The smallest absolute Gasteiger partial charge is 0.328 e. The maximum absolute atomic E-state index is 12.1. The summed E-state index contributed by atoms with van der Waals surface area (Å²) in [5.41, 5.74) is 1.19. The summed E-state index contributed by atoms with van der Waals surface area (Å²) in [6, 6.07) is 6.56. The van der Waals surface area contributed by atoms with Crippen molar-refractivity contribution < 1.29 is 24.2 Å². The van der Waals surface area contributed by atoms with E-state index in [1.807, 2.05) is 12.1 Å². The number of benzene rings is 1. The number of nitrogens with zero attached hydrogens (tertiary/aromatic N) is 1. The van der Waals surface area contributed by atoms with Crippen molar-refractivity contribution >= 4 is 11.9 Å². The van der Waals surface area contributed by atoms with Crippen LogP contribution in [0.25, 0.3) is 0 Å². The first-order valence-electron chi connectivity index (χ1n) is 6.93. The Bertz CT molecular complexity index is 499. The molecule has 2 rings (SSSR count). The Labute approximate surface area is 123 Å². The Morgan fingerprint density at radius 3 is 2.71 bits per heavy atom. The fraction of sp³-hybridized carbons (Fsp3) is 0.467. The number of aryl methyl sites for hydroxylation is 1. The molecule has 0 saturated carbocycles. The van der Waals surface area contributed by atoms with Gasteiger partial charge in [-0.15, -0.1) is 0 Å². The number of carbonyl (C=O) groups is 2. The molecule has 1 aromatic rings. The molecule has 114 valence electrons. The number of carbonyl (C=O) groups excluding carboxylic acids is 1. The second-order valence-corrected chi connectivity index (χ2v) is 4.80. The van der Waals surface area contributed by atoms with E-state index < -0.39 is 12.0 Å². The van der Waals surface area contributed by atoms with Crippen molar-refractivity contribution in [3.63, 3.8) is 0 Å². The number of carboxylic acids is 1. The van der Waals surface area contributed by atoms with E-state index in [1.165, 1.54) is 10.5 Å². The van der Waals surface area contributed by atoms with Gasteiger partial charge in [0.2, 0.25) is 0 Å². The van der Waals surface area contributed by atoms with E-state index in [1.54, 1.807) is 12.1 Å². The molecule has 0 bridgehead atoms. The van der Waals surface area contributed by atoms with Crippen LogP contribution in [-0.2, 0) is 20.7 Å². The summed E-state index contributed by atoms with van der Waals surface area (Å²) in [4.78, 5) is 24.5. The van der Waals surface area contributed by atoms with Crippen molar-refractivity contribution in [2.24, 2.45) is 0 Å². The molecule has 0 radical (unpaired) electrons. The van der Waals surface area contributed by atoms with Crippen molar-refractivity contribution in [1.82, 2.24) is 4.90 Å². The average molecular weight is 293 g/mol. The lowest BCUT2D eigenvalue weighted by Gasteiger charge is -2.32. The topological polar surface area (TPSA) is 76.1 Å². The van der Waals surface area contributed by atoms with Crippen LogP contribution >= 0.6 is 0 Å². The summed E-state index contributed by atoms with van der Waals surface area (Å²) in [6.45, 7) is 2.53. The maximum atomic E-state index is 12.1. The number of amides is 1. The predicted octanol–water partition coefficient (Wildman–Crippen LogP) is 0.940. The van der Waals surface area contributed by atoms with Gasteiger partial charge in [-0.05, 0) is 24.1 Å². The van der Waals surface area contributed by atoms with Crippen LogP contribution < -0.4 is 4.74 Å². The SMILES string of the molecule is CCc1ccc(OCC(=O)N2CCOCC2C(=O)O)cc1. The third kappa shape index (κ3) is 3.95. The van der Waals surface area contributed by atoms with E-state index in [9.17, 15) is 9.59 Å². The normalized spacial score (nSPS) is 18.3. The van der Waals surface area contributed by atoms with Gasteiger partial charge in [-0.2, -0.15) is 0 Å². The second kappa shape index (κ2) is 7.08. The number of hydrogen-bond acceptors (Lipinski definition) is 4. The summed E-state index contributed by atoms with van der Waals surface area (Å²) < 4.78 is 10.5. The highest BCUT2D eigenvalue weighted by Gasteiger charge is 2.32. The van der Waals surface area contributed by atoms with Crippen LogP contribution in [0, 0.1) is 0 Å². The zero-order valence-electron chi connectivity index (χ0n) is 11.9. The van der Waals surface area contributed by atoms with Crippen LogP contribution in [-0.4, -0.2) is 54.3 Å². The lowest BCUT2D eigenvalue weighted by Crippen LogP contribution is -2.53. The van der Waals surface area contributed by atoms with Crippen LogP contribution in [0.2, 0.25) is 0 Å². The van der Waals surface area contributed by atoms with Gasteiger partial charge in [0, 0.05) is 6.54 Å². The first kappa shape index (κ1) is 15.3. The molecule has 6 nitrogen and oxygen atoms in total. The number of morpholine rings is 1. The summed E-state index contributed by atoms with van der Waals surface area (Å²) in [7, 11) is 0. The molecule has 6 heteroatoms. The molecule has 1 amide bonds. The van der Waals surface area contributed by atoms with E-state index in [4.69, 9.17) is 14.6 Å². The molecule has 1 aromatic carbocycles. The van der Waals surface area contributed by atoms with Gasteiger partial charge in [0.15, 0.2) is 12.6 Å². The Kier molecular flexibility index (Phi) is 5.16. The molecular formula is C15H19NO5. The van der Waals surface area contributed by atoms with E-state index in [2.05, 4.69) is 6.92 Å². The zero-order valence-corrected chi connectivity index (χ0v) is 11.9. The van der Waals surface area contributed by atoms with Crippen molar-refractivity contribution in [2.75, 3.05) is 26.4 Å². The van der Waals surface area contributed by atoms with Crippen molar-refractivity contribution in [2.45, 2.75) is 19.4 Å². The highest BCUT2D eigenvalue weighted by Crippen LogP contribution is 2.13. The molecule has 1 aliphatic heterocycles. The van der Waals surface area contributed by atoms with Crippen molar-refractivity contribution in [3.05, 3.63) is 29.8 Å². The Balaban J connectivity index is 1.91. The minimum absolute atomic E-state index is 0.0201. The Morgan fingerprint density at radius 1 is 1.38 bits per heavy atom. The maximum Gasteiger partial charge on any atom is 0.328 e. The molecule has 1 N–H and O–H groups in total. The fourth-order valence-corrected chi connectivity index (χ4v) is 2.16. The van der Waals surface area contributed by atoms with Gasteiger partial charge in [0.1, 0.15) is 5.75 Å².